The topological polar surface area (TPSA) is 78.4 Å². The van der Waals surface area contributed by atoms with Gasteiger partial charge in [0.1, 0.15) is 5.54 Å². The maximum absolute atomic E-state index is 11.8. The molecule has 0 saturated heterocycles. The van der Waals surface area contributed by atoms with Gasteiger partial charge in [-0.05, 0) is 31.5 Å². The van der Waals surface area contributed by atoms with Gasteiger partial charge in [-0.1, -0.05) is 29.3 Å². The molecule has 7 heteroatoms. The van der Waals surface area contributed by atoms with E-state index in [1.165, 1.54) is 13.8 Å². The maximum atomic E-state index is 11.8. The highest BCUT2D eigenvalue weighted by Crippen LogP contribution is 2.22. The lowest BCUT2D eigenvalue weighted by Crippen LogP contribution is -2.54. The fourth-order valence-corrected chi connectivity index (χ4v) is 1.70. The summed E-state index contributed by atoms with van der Waals surface area (Å²) in [5.41, 5.74) is -0.434. The van der Waals surface area contributed by atoms with Crippen molar-refractivity contribution in [3.05, 3.63) is 33.8 Å². The summed E-state index contributed by atoms with van der Waals surface area (Å²) in [7, 11) is 0. The van der Waals surface area contributed by atoms with Gasteiger partial charge in [0.2, 0.25) is 5.91 Å². The third-order valence-electron chi connectivity index (χ3n) is 2.42. The number of amides is 2. The smallest absolute Gasteiger partial charge is 0.405 e. The molecule has 104 valence electrons. The molecule has 0 fully saturated rings. The summed E-state index contributed by atoms with van der Waals surface area (Å²) < 4.78 is 0. The van der Waals surface area contributed by atoms with Crippen molar-refractivity contribution in [2.45, 2.75) is 25.9 Å². The minimum absolute atomic E-state index is 0.237. The molecule has 1 aromatic carbocycles. The molecule has 0 aliphatic heterocycles. The summed E-state index contributed by atoms with van der Waals surface area (Å²) in [6, 6.07) is 5.00. The highest BCUT2D eigenvalue weighted by molar-refractivity contribution is 6.42. The summed E-state index contributed by atoms with van der Waals surface area (Å²) in [6.07, 6.45) is -1.25. The van der Waals surface area contributed by atoms with E-state index in [-0.39, 0.29) is 6.54 Å². The second-order valence-electron chi connectivity index (χ2n) is 4.49. The zero-order chi connectivity index (χ0) is 14.6. The number of carbonyl (C=O) groups excluding carboxylic acids is 1. The SMILES string of the molecule is CC(C)(NC(=O)O)C(=O)NCc1ccc(Cl)c(Cl)c1. The van der Waals surface area contributed by atoms with Crippen LogP contribution in [-0.2, 0) is 11.3 Å². The fourth-order valence-electron chi connectivity index (χ4n) is 1.38. The van der Waals surface area contributed by atoms with Crippen molar-refractivity contribution in [1.82, 2.24) is 10.6 Å². The average molecular weight is 305 g/mol. The van der Waals surface area contributed by atoms with Gasteiger partial charge in [-0.15, -0.1) is 0 Å². The predicted molar refractivity (Wildman–Crippen MR) is 73.5 cm³/mol. The number of halogens is 2. The Morgan fingerprint density at radius 1 is 1.26 bits per heavy atom. The van der Waals surface area contributed by atoms with E-state index in [1.54, 1.807) is 18.2 Å². The summed E-state index contributed by atoms with van der Waals surface area (Å²) >= 11 is 11.6. The van der Waals surface area contributed by atoms with Gasteiger partial charge in [0.25, 0.3) is 0 Å². The molecule has 0 unspecified atom stereocenters. The molecule has 2 amide bonds. The quantitative estimate of drug-likeness (QED) is 0.800. The van der Waals surface area contributed by atoms with Crippen LogP contribution >= 0.6 is 23.2 Å². The fraction of sp³-hybridized carbons (Fsp3) is 0.333. The average Bonchev–Trinajstić information content (AvgIpc) is 2.28. The lowest BCUT2D eigenvalue weighted by molar-refractivity contribution is -0.126. The van der Waals surface area contributed by atoms with Crippen molar-refractivity contribution in [1.29, 1.82) is 0 Å². The van der Waals surface area contributed by atoms with Gasteiger partial charge in [0.05, 0.1) is 10.0 Å². The van der Waals surface area contributed by atoms with E-state index < -0.39 is 17.5 Å². The molecule has 0 atom stereocenters. The minimum Gasteiger partial charge on any atom is -0.465 e. The zero-order valence-corrected chi connectivity index (χ0v) is 12.0. The van der Waals surface area contributed by atoms with Crippen molar-refractivity contribution >= 4 is 35.2 Å². The van der Waals surface area contributed by atoms with E-state index in [0.717, 1.165) is 5.56 Å². The maximum Gasteiger partial charge on any atom is 0.405 e. The van der Waals surface area contributed by atoms with E-state index >= 15 is 0 Å². The molecule has 0 aliphatic rings. The van der Waals surface area contributed by atoms with Crippen LogP contribution < -0.4 is 10.6 Å². The van der Waals surface area contributed by atoms with E-state index in [9.17, 15) is 9.59 Å². The third kappa shape index (κ3) is 4.61. The van der Waals surface area contributed by atoms with Crippen molar-refractivity contribution in [2.24, 2.45) is 0 Å². The molecule has 0 heterocycles. The van der Waals surface area contributed by atoms with Gasteiger partial charge in [-0.3, -0.25) is 4.79 Å². The minimum atomic E-state index is -1.25. The second-order valence-corrected chi connectivity index (χ2v) is 5.30. The number of carboxylic acid groups (broad SMARTS) is 1. The number of rotatable bonds is 4. The molecular formula is C12H14Cl2N2O3. The van der Waals surface area contributed by atoms with Gasteiger partial charge in [-0.25, -0.2) is 4.79 Å². The normalized spacial score (nSPS) is 10.9. The summed E-state index contributed by atoms with van der Waals surface area (Å²) in [5, 5.41) is 14.2. The lowest BCUT2D eigenvalue weighted by Gasteiger charge is -2.23. The monoisotopic (exact) mass is 304 g/mol. The summed E-state index contributed by atoms with van der Waals surface area (Å²) in [6.45, 7) is 3.19. The molecule has 5 nitrogen and oxygen atoms in total. The molecule has 1 aromatic rings. The third-order valence-corrected chi connectivity index (χ3v) is 3.16. The number of benzene rings is 1. The largest absolute Gasteiger partial charge is 0.465 e. The summed E-state index contributed by atoms with van der Waals surface area (Å²) in [5.74, 6) is -0.430. The Morgan fingerprint density at radius 3 is 2.42 bits per heavy atom. The first-order chi connectivity index (χ1) is 8.72. The number of hydrogen-bond acceptors (Lipinski definition) is 2. The number of hydrogen-bond donors (Lipinski definition) is 3. The van der Waals surface area contributed by atoms with Crippen LogP contribution in [0, 0.1) is 0 Å². The van der Waals surface area contributed by atoms with Crippen molar-refractivity contribution < 1.29 is 14.7 Å². The Hall–Kier alpha value is -1.46. The molecule has 0 bridgehead atoms. The van der Waals surface area contributed by atoms with Crippen molar-refractivity contribution in [3.8, 4) is 0 Å². The van der Waals surface area contributed by atoms with Crippen molar-refractivity contribution in [3.63, 3.8) is 0 Å². The molecule has 0 saturated carbocycles. The molecule has 1 rings (SSSR count). The van der Waals surface area contributed by atoms with Gasteiger partial charge in [-0.2, -0.15) is 0 Å². The Labute approximate surface area is 120 Å². The zero-order valence-electron chi connectivity index (χ0n) is 10.5. The first-order valence-electron chi connectivity index (χ1n) is 5.45. The van der Waals surface area contributed by atoms with Crippen LogP contribution in [0.2, 0.25) is 10.0 Å². The van der Waals surface area contributed by atoms with Crippen LogP contribution in [0.4, 0.5) is 4.79 Å². The van der Waals surface area contributed by atoms with E-state index in [1.807, 2.05) is 0 Å². The number of nitrogens with one attached hydrogen (secondary N) is 2. The highest BCUT2D eigenvalue weighted by atomic mass is 35.5. The molecule has 0 spiro atoms. The standard InChI is InChI=1S/C12H14Cl2N2O3/c1-12(2,16-11(18)19)10(17)15-6-7-3-4-8(13)9(14)5-7/h3-5,16H,6H2,1-2H3,(H,15,17)(H,18,19). The highest BCUT2D eigenvalue weighted by Gasteiger charge is 2.28. The van der Waals surface area contributed by atoms with Gasteiger partial charge in [0.15, 0.2) is 0 Å². The van der Waals surface area contributed by atoms with E-state index in [4.69, 9.17) is 28.3 Å². The Balaban J connectivity index is 2.63. The first-order valence-corrected chi connectivity index (χ1v) is 6.21. The van der Waals surface area contributed by atoms with Crippen LogP contribution in [0.5, 0.6) is 0 Å². The molecule has 0 aromatic heterocycles. The van der Waals surface area contributed by atoms with E-state index in [2.05, 4.69) is 10.6 Å². The van der Waals surface area contributed by atoms with Crippen LogP contribution in [0.3, 0.4) is 0 Å². The Kier molecular flexibility index (Phi) is 5.03. The van der Waals surface area contributed by atoms with Gasteiger partial charge < -0.3 is 15.7 Å². The van der Waals surface area contributed by atoms with Crippen LogP contribution in [0.1, 0.15) is 19.4 Å². The van der Waals surface area contributed by atoms with Crippen LogP contribution in [0.15, 0.2) is 18.2 Å². The number of carbonyl (C=O) groups is 2. The lowest BCUT2D eigenvalue weighted by atomic mass is 10.0. The van der Waals surface area contributed by atoms with Crippen molar-refractivity contribution in [2.75, 3.05) is 0 Å². The molecule has 0 aliphatic carbocycles. The predicted octanol–water partition coefficient (Wildman–Crippen LogP) is 2.66. The molecule has 3 N–H and O–H groups in total. The summed E-state index contributed by atoms with van der Waals surface area (Å²) in [4.78, 5) is 22.4. The second kappa shape index (κ2) is 6.12. The van der Waals surface area contributed by atoms with Crippen LogP contribution in [-0.4, -0.2) is 22.6 Å². The molecule has 0 radical (unpaired) electrons. The van der Waals surface area contributed by atoms with Gasteiger partial charge >= 0.3 is 6.09 Å². The molecule has 19 heavy (non-hydrogen) atoms. The Morgan fingerprint density at radius 2 is 1.89 bits per heavy atom. The van der Waals surface area contributed by atoms with Gasteiger partial charge in [0, 0.05) is 6.54 Å². The Bertz CT molecular complexity index is 504. The first kappa shape index (κ1) is 15.6. The molecular weight excluding hydrogens is 291 g/mol. The van der Waals surface area contributed by atoms with E-state index in [0.29, 0.717) is 10.0 Å². The van der Waals surface area contributed by atoms with Crippen LogP contribution in [0.25, 0.3) is 0 Å².